The Bertz CT molecular complexity index is 612. The summed E-state index contributed by atoms with van der Waals surface area (Å²) >= 11 is 0. The van der Waals surface area contributed by atoms with Crippen LogP contribution in [0.4, 0.5) is 0 Å². The average molecular weight is 403 g/mol. The van der Waals surface area contributed by atoms with Crippen LogP contribution in [0.1, 0.15) is 105 Å². The van der Waals surface area contributed by atoms with Gasteiger partial charge >= 0.3 is 0 Å². The van der Waals surface area contributed by atoms with E-state index in [1.165, 1.54) is 44.9 Å². The zero-order chi connectivity index (χ0) is 20.8. The molecule has 4 rings (SSSR count). The molecule has 2 nitrogen and oxygen atoms in total. The molecular formula is C27H46O2. The van der Waals surface area contributed by atoms with Gasteiger partial charge in [0, 0.05) is 0 Å². The van der Waals surface area contributed by atoms with Gasteiger partial charge in [0.1, 0.15) is 0 Å². The number of aliphatic hydroxyl groups excluding tert-OH is 1. The first kappa shape index (κ1) is 21.9. The lowest BCUT2D eigenvalue weighted by atomic mass is 9.50. The molecule has 166 valence electrons. The third-order valence-corrected chi connectivity index (χ3v) is 10.4. The fourth-order valence-electron chi connectivity index (χ4n) is 8.50. The third-order valence-electron chi connectivity index (χ3n) is 10.4. The maximum Gasteiger partial charge on any atom is 0.0682 e. The minimum atomic E-state index is -0.421. The molecule has 0 radical (unpaired) electrons. The molecule has 4 aliphatic rings. The van der Waals surface area contributed by atoms with Crippen molar-refractivity contribution >= 4 is 0 Å². The highest BCUT2D eigenvalue weighted by molar-refractivity contribution is 5.22. The molecule has 0 aromatic rings. The monoisotopic (exact) mass is 402 g/mol. The molecule has 0 amide bonds. The number of hydrogen-bond donors (Lipinski definition) is 2. The Kier molecular flexibility index (Phi) is 6.26. The van der Waals surface area contributed by atoms with E-state index in [9.17, 15) is 10.2 Å². The summed E-state index contributed by atoms with van der Waals surface area (Å²) < 4.78 is 0. The predicted octanol–water partition coefficient (Wildman–Crippen LogP) is 6.50. The highest BCUT2D eigenvalue weighted by Crippen LogP contribution is 2.65. The highest BCUT2D eigenvalue weighted by atomic mass is 16.3. The molecule has 0 aromatic heterocycles. The van der Waals surface area contributed by atoms with E-state index in [4.69, 9.17) is 0 Å². The van der Waals surface area contributed by atoms with Gasteiger partial charge in [-0.25, -0.2) is 0 Å². The predicted molar refractivity (Wildman–Crippen MR) is 121 cm³/mol. The van der Waals surface area contributed by atoms with E-state index in [1.54, 1.807) is 5.57 Å². The molecule has 0 spiro atoms. The van der Waals surface area contributed by atoms with Crippen molar-refractivity contribution in [1.29, 1.82) is 0 Å². The third kappa shape index (κ3) is 3.86. The van der Waals surface area contributed by atoms with Gasteiger partial charge in [0.25, 0.3) is 0 Å². The maximum absolute atomic E-state index is 10.9. The van der Waals surface area contributed by atoms with Gasteiger partial charge < -0.3 is 10.2 Å². The molecule has 0 aliphatic heterocycles. The number of fused-ring (bicyclic) bond motifs is 5. The van der Waals surface area contributed by atoms with Crippen LogP contribution in [0.5, 0.6) is 0 Å². The van der Waals surface area contributed by atoms with Gasteiger partial charge in [-0.2, -0.15) is 0 Å². The summed E-state index contributed by atoms with van der Waals surface area (Å²) in [5, 5.41) is 20.9. The maximum atomic E-state index is 10.9. The first-order valence-electron chi connectivity index (χ1n) is 12.9. The molecule has 3 fully saturated rings. The standard InChI is InChI=1S/C27H46O2/c1-5-20(28)9-7-18(3)24-11-12-25-23-10-8-19-17-27(29,6-2)16-14-21(19)22(23)13-15-26(24,25)4/h8,18,20-25,28-29H,5-7,9-17H2,1-4H3/t18-,20+,21+,22-,23-,24-,25+,26-,27+/m1/s1. The fraction of sp³-hybridized carbons (Fsp3) is 0.926. The molecule has 0 saturated heterocycles. The van der Waals surface area contributed by atoms with Gasteiger partial charge in [-0.1, -0.05) is 39.3 Å². The van der Waals surface area contributed by atoms with Crippen LogP contribution in [0.15, 0.2) is 11.6 Å². The van der Waals surface area contributed by atoms with Crippen LogP contribution in [0.3, 0.4) is 0 Å². The molecule has 2 heteroatoms. The summed E-state index contributed by atoms with van der Waals surface area (Å²) in [6.07, 6.45) is 16.5. The van der Waals surface area contributed by atoms with Crippen LogP contribution < -0.4 is 0 Å². The van der Waals surface area contributed by atoms with Crippen LogP contribution in [0, 0.1) is 40.9 Å². The van der Waals surface area contributed by atoms with E-state index < -0.39 is 5.60 Å². The second-order valence-corrected chi connectivity index (χ2v) is 11.7. The van der Waals surface area contributed by atoms with Crippen LogP contribution in [0.2, 0.25) is 0 Å². The summed E-state index contributed by atoms with van der Waals surface area (Å²) in [6.45, 7) is 9.35. The van der Waals surface area contributed by atoms with E-state index in [-0.39, 0.29) is 6.10 Å². The Morgan fingerprint density at radius 1 is 1.07 bits per heavy atom. The Morgan fingerprint density at radius 3 is 2.59 bits per heavy atom. The van der Waals surface area contributed by atoms with Gasteiger partial charge in [0.2, 0.25) is 0 Å². The minimum Gasteiger partial charge on any atom is -0.393 e. The number of aliphatic hydroxyl groups is 2. The topological polar surface area (TPSA) is 40.5 Å². The Morgan fingerprint density at radius 2 is 1.86 bits per heavy atom. The molecular weight excluding hydrogens is 356 g/mol. The van der Waals surface area contributed by atoms with Crippen molar-refractivity contribution in [1.82, 2.24) is 0 Å². The molecule has 9 atom stereocenters. The summed E-state index contributed by atoms with van der Waals surface area (Å²) in [6, 6.07) is 0. The van der Waals surface area contributed by atoms with E-state index >= 15 is 0 Å². The molecule has 0 aromatic carbocycles. The minimum absolute atomic E-state index is 0.104. The second kappa shape index (κ2) is 8.30. The van der Waals surface area contributed by atoms with Crippen LogP contribution in [-0.4, -0.2) is 21.9 Å². The summed E-state index contributed by atoms with van der Waals surface area (Å²) in [5.74, 6) is 5.01. The van der Waals surface area contributed by atoms with E-state index in [2.05, 4.69) is 33.8 Å². The van der Waals surface area contributed by atoms with Crippen molar-refractivity contribution in [3.05, 3.63) is 11.6 Å². The van der Waals surface area contributed by atoms with Gasteiger partial charge in [0.15, 0.2) is 0 Å². The van der Waals surface area contributed by atoms with Crippen molar-refractivity contribution in [2.75, 3.05) is 0 Å². The van der Waals surface area contributed by atoms with Crippen molar-refractivity contribution < 1.29 is 10.2 Å². The first-order chi connectivity index (χ1) is 13.8. The van der Waals surface area contributed by atoms with Crippen molar-refractivity contribution in [3.8, 4) is 0 Å². The van der Waals surface area contributed by atoms with Crippen molar-refractivity contribution in [2.24, 2.45) is 40.9 Å². The second-order valence-electron chi connectivity index (χ2n) is 11.7. The highest BCUT2D eigenvalue weighted by Gasteiger charge is 2.57. The lowest BCUT2D eigenvalue weighted by Crippen LogP contribution is -2.48. The summed E-state index contributed by atoms with van der Waals surface area (Å²) in [5.41, 5.74) is 1.71. The average Bonchev–Trinajstić information content (AvgIpc) is 3.08. The Balaban J connectivity index is 1.46. The molecule has 29 heavy (non-hydrogen) atoms. The molecule has 4 aliphatic carbocycles. The quantitative estimate of drug-likeness (QED) is 0.498. The smallest absolute Gasteiger partial charge is 0.0682 e. The normalized spacial score (nSPS) is 46.3. The van der Waals surface area contributed by atoms with Gasteiger partial charge in [-0.15, -0.1) is 0 Å². The zero-order valence-corrected chi connectivity index (χ0v) is 19.5. The van der Waals surface area contributed by atoms with E-state index in [1.807, 2.05) is 0 Å². The number of rotatable bonds is 6. The fourth-order valence-corrected chi connectivity index (χ4v) is 8.50. The lowest BCUT2D eigenvalue weighted by Gasteiger charge is -2.55. The van der Waals surface area contributed by atoms with E-state index in [0.717, 1.165) is 67.6 Å². The number of hydrogen-bond acceptors (Lipinski definition) is 2. The van der Waals surface area contributed by atoms with Gasteiger partial charge in [-0.05, 0) is 118 Å². The summed E-state index contributed by atoms with van der Waals surface area (Å²) in [4.78, 5) is 0. The van der Waals surface area contributed by atoms with E-state index in [0.29, 0.717) is 5.41 Å². The molecule has 2 N–H and O–H groups in total. The van der Waals surface area contributed by atoms with Crippen molar-refractivity contribution in [3.63, 3.8) is 0 Å². The summed E-state index contributed by atoms with van der Waals surface area (Å²) in [7, 11) is 0. The molecule has 3 saturated carbocycles. The first-order valence-corrected chi connectivity index (χ1v) is 12.9. The van der Waals surface area contributed by atoms with Crippen LogP contribution in [-0.2, 0) is 0 Å². The van der Waals surface area contributed by atoms with Gasteiger partial charge in [-0.3, -0.25) is 0 Å². The Hall–Kier alpha value is -0.340. The van der Waals surface area contributed by atoms with Crippen LogP contribution >= 0.6 is 0 Å². The molecule has 0 heterocycles. The zero-order valence-electron chi connectivity index (χ0n) is 19.5. The largest absolute Gasteiger partial charge is 0.393 e. The van der Waals surface area contributed by atoms with Crippen LogP contribution in [0.25, 0.3) is 0 Å². The Labute approximate surface area is 179 Å². The van der Waals surface area contributed by atoms with Gasteiger partial charge in [0.05, 0.1) is 11.7 Å². The van der Waals surface area contributed by atoms with Crippen molar-refractivity contribution in [2.45, 2.75) is 116 Å². The number of allylic oxidation sites excluding steroid dienone is 1. The SMILES string of the molecule is CC[C@H](O)CC[C@@H](C)[C@H]1CC[C@H]2[C@@H]3CC=C4C[C@](O)(CC)CC[C@@H]4[C@H]3CC[C@]12C. The molecule has 0 bridgehead atoms. The lowest BCUT2D eigenvalue weighted by molar-refractivity contribution is -0.0464. The molecule has 0 unspecified atom stereocenters.